The number of carbonyl (C=O) groups is 1. The molecule has 0 saturated carbocycles. The maximum atomic E-state index is 12.0. The van der Waals surface area contributed by atoms with E-state index in [2.05, 4.69) is 10.3 Å². The highest BCUT2D eigenvalue weighted by Crippen LogP contribution is 2.23. The van der Waals surface area contributed by atoms with Crippen molar-refractivity contribution >= 4 is 40.4 Å². The summed E-state index contributed by atoms with van der Waals surface area (Å²) in [4.78, 5) is 16.1. The first-order valence-corrected chi connectivity index (χ1v) is 6.17. The molecule has 3 N–H and O–H groups in total. The molecule has 1 aromatic carbocycles. The van der Waals surface area contributed by atoms with E-state index >= 15 is 0 Å². The van der Waals surface area contributed by atoms with Gasteiger partial charge in [-0.2, -0.15) is 0 Å². The summed E-state index contributed by atoms with van der Waals surface area (Å²) in [6.07, 6.45) is 3.07. The van der Waals surface area contributed by atoms with Gasteiger partial charge in [0.25, 0.3) is 5.91 Å². The summed E-state index contributed by atoms with van der Waals surface area (Å²) >= 11 is 10.9. The summed E-state index contributed by atoms with van der Waals surface area (Å²) in [7, 11) is 0. The zero-order valence-corrected chi connectivity index (χ0v) is 11.3. The molecule has 1 amide bonds. The van der Waals surface area contributed by atoms with E-state index in [1.54, 1.807) is 36.5 Å². The molecule has 6 heteroatoms. The van der Waals surface area contributed by atoms with Crippen molar-refractivity contribution in [2.75, 3.05) is 5.32 Å². The molecule has 2 aromatic rings. The molecule has 0 bridgehead atoms. The summed E-state index contributed by atoms with van der Waals surface area (Å²) in [6, 6.07) is 8.31. The number of nitrogens with two attached hydrogens (primary N) is 1. The molecule has 0 aliphatic heterocycles. The fourth-order valence-corrected chi connectivity index (χ4v) is 1.76. The van der Waals surface area contributed by atoms with Crippen LogP contribution in [0.2, 0.25) is 5.02 Å². The van der Waals surface area contributed by atoms with Gasteiger partial charge in [-0.1, -0.05) is 29.9 Å². The fourth-order valence-electron chi connectivity index (χ4n) is 1.47. The topological polar surface area (TPSA) is 68.0 Å². The van der Waals surface area contributed by atoms with Crippen molar-refractivity contribution < 1.29 is 4.79 Å². The number of halogens is 1. The molecule has 0 fully saturated rings. The molecule has 0 saturated heterocycles. The van der Waals surface area contributed by atoms with Gasteiger partial charge in [0.1, 0.15) is 4.99 Å². The van der Waals surface area contributed by atoms with Crippen LogP contribution in [0.5, 0.6) is 0 Å². The van der Waals surface area contributed by atoms with Crippen LogP contribution in [0.15, 0.2) is 42.7 Å². The molecule has 0 radical (unpaired) electrons. The minimum atomic E-state index is -0.296. The fraction of sp³-hybridized carbons (Fsp3) is 0. The van der Waals surface area contributed by atoms with E-state index in [0.717, 1.165) is 0 Å². The monoisotopic (exact) mass is 291 g/mol. The molecule has 0 atom stereocenters. The Morgan fingerprint density at radius 1 is 1.32 bits per heavy atom. The van der Waals surface area contributed by atoms with Crippen LogP contribution in [0, 0.1) is 0 Å². The Labute approximate surface area is 120 Å². The number of aromatic nitrogens is 1. The molecule has 0 aliphatic rings. The Kier molecular flexibility index (Phi) is 4.09. The van der Waals surface area contributed by atoms with Crippen LogP contribution < -0.4 is 11.1 Å². The van der Waals surface area contributed by atoms with Crippen molar-refractivity contribution in [1.29, 1.82) is 0 Å². The highest BCUT2D eigenvalue weighted by molar-refractivity contribution is 7.80. The van der Waals surface area contributed by atoms with Crippen molar-refractivity contribution in [2.45, 2.75) is 0 Å². The van der Waals surface area contributed by atoms with Crippen molar-refractivity contribution in [3.8, 4) is 0 Å². The van der Waals surface area contributed by atoms with Gasteiger partial charge in [0.05, 0.1) is 16.3 Å². The number of benzene rings is 1. The van der Waals surface area contributed by atoms with Crippen LogP contribution in [0.25, 0.3) is 0 Å². The second-order valence-corrected chi connectivity index (χ2v) is 4.60. The first-order chi connectivity index (χ1) is 9.08. The smallest absolute Gasteiger partial charge is 0.257 e. The van der Waals surface area contributed by atoms with Crippen molar-refractivity contribution in [1.82, 2.24) is 4.98 Å². The second-order valence-electron chi connectivity index (χ2n) is 3.75. The van der Waals surface area contributed by atoms with Crippen molar-refractivity contribution in [3.63, 3.8) is 0 Å². The Hall–Kier alpha value is -1.98. The number of pyridine rings is 1. The SMILES string of the molecule is NC(=S)c1ccc(Cl)c(NC(=O)c2cccnc2)c1. The minimum absolute atomic E-state index is 0.244. The third-order valence-corrected chi connectivity index (χ3v) is 2.99. The van der Waals surface area contributed by atoms with Crippen LogP contribution in [0.1, 0.15) is 15.9 Å². The molecule has 1 aromatic heterocycles. The normalized spacial score (nSPS) is 9.95. The number of nitrogens with one attached hydrogen (secondary N) is 1. The lowest BCUT2D eigenvalue weighted by Crippen LogP contribution is -2.14. The standard InChI is InChI=1S/C13H10ClN3OS/c14-10-4-3-8(12(15)19)6-11(10)17-13(18)9-2-1-5-16-7-9/h1-7H,(H2,15,19)(H,17,18). The van der Waals surface area contributed by atoms with Gasteiger partial charge in [0.15, 0.2) is 0 Å². The molecular formula is C13H10ClN3OS. The van der Waals surface area contributed by atoms with Gasteiger partial charge in [-0.3, -0.25) is 9.78 Å². The van der Waals surface area contributed by atoms with Crippen LogP contribution >= 0.6 is 23.8 Å². The third kappa shape index (κ3) is 3.27. The molecule has 4 nitrogen and oxygen atoms in total. The molecular weight excluding hydrogens is 282 g/mol. The lowest BCUT2D eigenvalue weighted by atomic mass is 10.2. The molecule has 2 rings (SSSR count). The third-order valence-electron chi connectivity index (χ3n) is 2.42. The Morgan fingerprint density at radius 2 is 2.11 bits per heavy atom. The van der Waals surface area contributed by atoms with Gasteiger partial charge in [-0.15, -0.1) is 0 Å². The maximum absolute atomic E-state index is 12.0. The van der Waals surface area contributed by atoms with E-state index < -0.39 is 0 Å². The van der Waals surface area contributed by atoms with Crippen LogP contribution in [-0.4, -0.2) is 15.9 Å². The quantitative estimate of drug-likeness (QED) is 0.853. The van der Waals surface area contributed by atoms with Crippen LogP contribution in [-0.2, 0) is 0 Å². The Balaban J connectivity index is 2.26. The second kappa shape index (κ2) is 5.77. The number of thiocarbonyl (C=S) groups is 1. The number of amides is 1. The molecule has 1 heterocycles. The van der Waals surface area contributed by atoms with E-state index in [-0.39, 0.29) is 10.9 Å². The zero-order chi connectivity index (χ0) is 13.8. The summed E-state index contributed by atoms with van der Waals surface area (Å²) in [5, 5.41) is 3.11. The Morgan fingerprint density at radius 3 is 2.74 bits per heavy atom. The minimum Gasteiger partial charge on any atom is -0.389 e. The first kappa shape index (κ1) is 13.5. The summed E-state index contributed by atoms with van der Waals surface area (Å²) < 4.78 is 0. The number of rotatable bonds is 3. The Bertz CT molecular complexity index is 631. The number of carbonyl (C=O) groups excluding carboxylic acids is 1. The molecule has 0 spiro atoms. The van der Waals surface area contributed by atoms with E-state index in [1.165, 1.54) is 6.20 Å². The number of anilines is 1. The lowest BCUT2D eigenvalue weighted by Gasteiger charge is -2.08. The van der Waals surface area contributed by atoms with Gasteiger partial charge in [0, 0.05) is 18.0 Å². The average molecular weight is 292 g/mol. The highest BCUT2D eigenvalue weighted by atomic mass is 35.5. The zero-order valence-electron chi connectivity index (χ0n) is 9.76. The summed E-state index contributed by atoms with van der Waals surface area (Å²) in [6.45, 7) is 0. The van der Waals surface area contributed by atoms with E-state index in [9.17, 15) is 4.79 Å². The van der Waals surface area contributed by atoms with Gasteiger partial charge in [-0.25, -0.2) is 0 Å². The van der Waals surface area contributed by atoms with E-state index in [1.807, 2.05) is 0 Å². The molecule has 0 aliphatic carbocycles. The largest absolute Gasteiger partial charge is 0.389 e. The molecule has 0 unspecified atom stereocenters. The van der Waals surface area contributed by atoms with Gasteiger partial charge < -0.3 is 11.1 Å². The van der Waals surface area contributed by atoms with Gasteiger partial charge in [0.2, 0.25) is 0 Å². The first-order valence-electron chi connectivity index (χ1n) is 5.38. The molecule has 96 valence electrons. The summed E-state index contributed by atoms with van der Waals surface area (Å²) in [5.41, 5.74) is 7.08. The van der Waals surface area contributed by atoms with E-state index in [0.29, 0.717) is 21.8 Å². The predicted octanol–water partition coefficient (Wildman–Crippen LogP) is 2.62. The lowest BCUT2D eigenvalue weighted by molar-refractivity contribution is 0.102. The van der Waals surface area contributed by atoms with Crippen molar-refractivity contribution in [3.05, 3.63) is 58.9 Å². The van der Waals surface area contributed by atoms with Crippen LogP contribution in [0.4, 0.5) is 5.69 Å². The number of hydrogen-bond acceptors (Lipinski definition) is 3. The van der Waals surface area contributed by atoms with Gasteiger partial charge in [-0.05, 0) is 24.3 Å². The van der Waals surface area contributed by atoms with E-state index in [4.69, 9.17) is 29.6 Å². The van der Waals surface area contributed by atoms with Crippen LogP contribution in [0.3, 0.4) is 0 Å². The maximum Gasteiger partial charge on any atom is 0.257 e. The number of nitrogens with zero attached hydrogens (tertiary/aromatic N) is 1. The highest BCUT2D eigenvalue weighted by Gasteiger charge is 2.09. The summed E-state index contributed by atoms with van der Waals surface area (Å²) in [5.74, 6) is -0.296. The average Bonchev–Trinajstić information content (AvgIpc) is 2.42. The number of hydrogen-bond donors (Lipinski definition) is 2. The predicted molar refractivity (Wildman–Crippen MR) is 79.5 cm³/mol. The van der Waals surface area contributed by atoms with Crippen molar-refractivity contribution in [2.24, 2.45) is 5.73 Å². The van der Waals surface area contributed by atoms with Gasteiger partial charge >= 0.3 is 0 Å². The molecule has 19 heavy (non-hydrogen) atoms.